The SMILES string of the molecule is COc1csc(C(=O)CNC(=O)C2COc3ccc(Oc4ccnc5c4CCC(=O)N5)cc3C2)c1. The maximum absolute atomic E-state index is 12.7. The second kappa shape index (κ2) is 9.75. The van der Waals surface area contributed by atoms with Gasteiger partial charge in [0.25, 0.3) is 0 Å². The number of fused-ring (bicyclic) bond motifs is 2. The number of carbonyl (C=O) groups is 3. The third kappa shape index (κ3) is 4.97. The van der Waals surface area contributed by atoms with Gasteiger partial charge in [0.05, 0.1) is 24.4 Å². The Hall–Kier alpha value is -3.92. The van der Waals surface area contributed by atoms with Crippen LogP contribution in [0.15, 0.2) is 41.9 Å². The number of hydrogen-bond acceptors (Lipinski definition) is 8. The van der Waals surface area contributed by atoms with E-state index in [1.54, 1.807) is 36.9 Å². The molecule has 4 heterocycles. The van der Waals surface area contributed by atoms with Crippen LogP contribution in [-0.4, -0.2) is 42.8 Å². The first-order valence-corrected chi connectivity index (χ1v) is 12.0. The molecule has 2 aliphatic rings. The third-order valence-corrected chi connectivity index (χ3v) is 6.87. The van der Waals surface area contributed by atoms with Gasteiger partial charge in [-0.05, 0) is 42.7 Å². The molecule has 0 saturated heterocycles. The highest BCUT2D eigenvalue weighted by molar-refractivity contribution is 7.12. The molecule has 0 saturated carbocycles. The van der Waals surface area contributed by atoms with Crippen LogP contribution in [0, 0.1) is 5.92 Å². The zero-order chi connectivity index (χ0) is 24.4. The number of amides is 2. The number of ketones is 1. The highest BCUT2D eigenvalue weighted by atomic mass is 32.1. The Kier molecular flexibility index (Phi) is 6.37. The van der Waals surface area contributed by atoms with E-state index < -0.39 is 5.92 Å². The van der Waals surface area contributed by atoms with E-state index in [-0.39, 0.29) is 30.7 Å². The van der Waals surface area contributed by atoms with Crippen molar-refractivity contribution >= 4 is 34.8 Å². The summed E-state index contributed by atoms with van der Waals surface area (Å²) in [4.78, 5) is 41.5. The van der Waals surface area contributed by atoms with Gasteiger partial charge in [-0.2, -0.15) is 0 Å². The van der Waals surface area contributed by atoms with Crippen LogP contribution in [0.2, 0.25) is 0 Å². The first-order chi connectivity index (χ1) is 17.0. The van der Waals surface area contributed by atoms with Crippen molar-refractivity contribution in [1.82, 2.24) is 10.3 Å². The van der Waals surface area contributed by atoms with Gasteiger partial charge in [-0.25, -0.2) is 4.98 Å². The molecule has 0 spiro atoms. The fourth-order valence-corrected chi connectivity index (χ4v) is 4.85. The molecule has 2 aliphatic heterocycles. The predicted molar refractivity (Wildman–Crippen MR) is 129 cm³/mol. The molecule has 0 fully saturated rings. The van der Waals surface area contributed by atoms with Crippen LogP contribution >= 0.6 is 11.3 Å². The van der Waals surface area contributed by atoms with Gasteiger partial charge < -0.3 is 24.8 Å². The number of carbonyl (C=O) groups excluding carboxylic acids is 3. The van der Waals surface area contributed by atoms with Crippen LogP contribution in [0.25, 0.3) is 0 Å². The zero-order valence-corrected chi connectivity index (χ0v) is 19.8. The number of rotatable bonds is 7. The lowest BCUT2D eigenvalue weighted by Crippen LogP contribution is -2.39. The maximum Gasteiger partial charge on any atom is 0.227 e. The minimum atomic E-state index is -0.424. The summed E-state index contributed by atoms with van der Waals surface area (Å²) in [5, 5.41) is 7.24. The van der Waals surface area contributed by atoms with Crippen LogP contribution in [0.5, 0.6) is 23.0 Å². The van der Waals surface area contributed by atoms with E-state index >= 15 is 0 Å². The topological polar surface area (TPSA) is 116 Å². The fourth-order valence-electron chi connectivity index (χ4n) is 4.05. The van der Waals surface area contributed by atoms with Gasteiger partial charge in [-0.3, -0.25) is 14.4 Å². The summed E-state index contributed by atoms with van der Waals surface area (Å²) in [6.45, 7) is 0.149. The minimum absolute atomic E-state index is 0.0609. The monoisotopic (exact) mass is 493 g/mol. The quantitative estimate of drug-likeness (QED) is 0.485. The second-order valence-corrected chi connectivity index (χ2v) is 9.17. The normalized spacial score (nSPS) is 16.3. The average molecular weight is 494 g/mol. The summed E-state index contributed by atoms with van der Waals surface area (Å²) >= 11 is 1.28. The molecule has 35 heavy (non-hydrogen) atoms. The molecular formula is C25H23N3O6S. The van der Waals surface area contributed by atoms with Crippen LogP contribution in [0.1, 0.15) is 27.2 Å². The average Bonchev–Trinajstić information content (AvgIpc) is 3.36. The van der Waals surface area contributed by atoms with Crippen LogP contribution in [-0.2, 0) is 22.4 Å². The van der Waals surface area contributed by atoms with Gasteiger partial charge in [-0.1, -0.05) is 0 Å². The molecule has 2 N–H and O–H groups in total. The number of pyridine rings is 1. The summed E-state index contributed by atoms with van der Waals surface area (Å²) < 4.78 is 17.0. The van der Waals surface area contributed by atoms with E-state index in [2.05, 4.69) is 15.6 Å². The zero-order valence-electron chi connectivity index (χ0n) is 19.0. The van der Waals surface area contributed by atoms with Crippen molar-refractivity contribution in [3.05, 3.63) is 57.9 Å². The number of aromatic nitrogens is 1. The number of benzene rings is 1. The molecule has 2 aromatic heterocycles. The van der Waals surface area contributed by atoms with Gasteiger partial charge in [-0.15, -0.1) is 11.3 Å². The molecule has 2 amide bonds. The lowest BCUT2D eigenvalue weighted by molar-refractivity contribution is -0.126. The highest BCUT2D eigenvalue weighted by Gasteiger charge is 2.27. The van der Waals surface area contributed by atoms with E-state index in [1.165, 1.54) is 11.3 Å². The Labute approximate surface area is 205 Å². The summed E-state index contributed by atoms with van der Waals surface area (Å²) in [6.07, 6.45) is 2.99. The standard InChI is InChI=1S/C25H23N3O6S/c1-32-17-10-22(35-13-17)19(29)11-27-25(31)15-8-14-9-16(2-4-20(14)33-12-15)34-21-6-7-26-24-18(21)3-5-23(30)28-24/h2,4,6-7,9-10,13,15H,3,5,8,11-12H2,1H3,(H,27,31)(H,26,28,30). The summed E-state index contributed by atoms with van der Waals surface area (Å²) in [7, 11) is 1.54. The molecule has 0 bridgehead atoms. The fraction of sp³-hybridized carbons (Fsp3) is 0.280. The van der Waals surface area contributed by atoms with E-state index in [0.29, 0.717) is 53.0 Å². The maximum atomic E-state index is 12.7. The number of nitrogens with one attached hydrogen (secondary N) is 2. The smallest absolute Gasteiger partial charge is 0.227 e. The van der Waals surface area contributed by atoms with Crippen LogP contribution in [0.4, 0.5) is 5.82 Å². The Bertz CT molecular complexity index is 1300. The van der Waals surface area contributed by atoms with Gasteiger partial charge in [0.1, 0.15) is 35.4 Å². The lowest BCUT2D eigenvalue weighted by atomic mass is 9.95. The van der Waals surface area contributed by atoms with E-state index in [0.717, 1.165) is 11.1 Å². The van der Waals surface area contributed by atoms with Crippen molar-refractivity contribution in [1.29, 1.82) is 0 Å². The molecule has 9 nitrogen and oxygen atoms in total. The Morgan fingerprint density at radius 2 is 2.11 bits per heavy atom. The van der Waals surface area contributed by atoms with E-state index in [9.17, 15) is 14.4 Å². The Balaban J connectivity index is 1.23. The van der Waals surface area contributed by atoms with Crippen LogP contribution < -0.4 is 24.8 Å². The molecule has 0 radical (unpaired) electrons. The van der Waals surface area contributed by atoms with Gasteiger partial charge >= 0.3 is 0 Å². The Morgan fingerprint density at radius 1 is 1.23 bits per heavy atom. The number of anilines is 1. The predicted octanol–water partition coefficient (Wildman–Crippen LogP) is 3.38. The number of ether oxygens (including phenoxy) is 3. The van der Waals surface area contributed by atoms with Crippen LogP contribution in [0.3, 0.4) is 0 Å². The van der Waals surface area contributed by atoms with Crippen molar-refractivity contribution in [2.24, 2.45) is 5.92 Å². The summed E-state index contributed by atoms with van der Waals surface area (Å²) in [5.41, 5.74) is 1.70. The van der Waals surface area contributed by atoms with E-state index in [1.807, 2.05) is 12.1 Å². The molecule has 1 atom stereocenters. The number of nitrogens with zero attached hydrogens (tertiary/aromatic N) is 1. The second-order valence-electron chi connectivity index (χ2n) is 8.26. The Morgan fingerprint density at radius 3 is 2.94 bits per heavy atom. The van der Waals surface area contributed by atoms with Gasteiger partial charge in [0, 0.05) is 29.6 Å². The van der Waals surface area contributed by atoms with Crippen molar-refractivity contribution in [2.75, 3.05) is 25.6 Å². The van der Waals surface area contributed by atoms with Crippen molar-refractivity contribution in [3.63, 3.8) is 0 Å². The summed E-state index contributed by atoms with van der Waals surface area (Å²) in [5.74, 6) is 2.18. The summed E-state index contributed by atoms with van der Waals surface area (Å²) in [6, 6.07) is 8.91. The number of Topliss-reactive ketones (excluding diaryl/α,β-unsaturated/α-hetero) is 1. The minimum Gasteiger partial charge on any atom is -0.496 e. The van der Waals surface area contributed by atoms with E-state index in [4.69, 9.17) is 14.2 Å². The van der Waals surface area contributed by atoms with Crippen molar-refractivity contribution in [3.8, 4) is 23.0 Å². The van der Waals surface area contributed by atoms with Crippen molar-refractivity contribution < 1.29 is 28.6 Å². The first kappa shape index (κ1) is 22.9. The molecule has 0 aliphatic carbocycles. The third-order valence-electron chi connectivity index (χ3n) is 5.92. The van der Waals surface area contributed by atoms with Gasteiger partial charge in [0.15, 0.2) is 5.78 Å². The molecule has 10 heteroatoms. The molecule has 5 rings (SSSR count). The number of hydrogen-bond donors (Lipinski definition) is 2. The first-order valence-electron chi connectivity index (χ1n) is 11.1. The highest BCUT2D eigenvalue weighted by Crippen LogP contribution is 2.36. The number of methoxy groups -OCH3 is 1. The molecule has 3 aromatic rings. The molecule has 1 aromatic carbocycles. The molecular weight excluding hydrogens is 470 g/mol. The number of thiophene rings is 1. The largest absolute Gasteiger partial charge is 0.496 e. The van der Waals surface area contributed by atoms with Gasteiger partial charge in [0.2, 0.25) is 11.8 Å². The molecule has 1 unspecified atom stereocenters. The molecule has 180 valence electrons. The van der Waals surface area contributed by atoms with Crippen molar-refractivity contribution in [2.45, 2.75) is 19.3 Å². The lowest BCUT2D eigenvalue weighted by Gasteiger charge is -2.25.